The Bertz CT molecular complexity index is 807. The van der Waals surface area contributed by atoms with Gasteiger partial charge in [-0.3, -0.25) is 8.98 Å². The van der Waals surface area contributed by atoms with E-state index in [0.717, 1.165) is 11.1 Å². The van der Waals surface area contributed by atoms with Crippen LogP contribution in [0.3, 0.4) is 0 Å². The van der Waals surface area contributed by atoms with E-state index in [1.807, 2.05) is 19.1 Å². The highest BCUT2D eigenvalue weighted by atomic mass is 32.2. The molecule has 0 heterocycles. The summed E-state index contributed by atoms with van der Waals surface area (Å²) in [5.74, 6) is -0.266. The van der Waals surface area contributed by atoms with E-state index in [2.05, 4.69) is 0 Å². The third-order valence-corrected chi connectivity index (χ3v) is 5.14. The molecule has 5 heteroatoms. The summed E-state index contributed by atoms with van der Waals surface area (Å²) in [6.07, 6.45) is 0.0675. The van der Waals surface area contributed by atoms with Crippen LogP contribution in [-0.2, 0) is 20.7 Å². The first-order valence-corrected chi connectivity index (χ1v) is 8.50. The van der Waals surface area contributed by atoms with Crippen LogP contribution < -0.4 is 0 Å². The molecule has 114 valence electrons. The standard InChI is InChI=1S/C17H16O4S/c1-12-6-9-14(10-7-12)22(19,20)21-16-11-8-13-4-2-3-5-15(13)17(16)18/h2-7,9-10,16H,8,11H2,1H3. The Balaban J connectivity index is 1.85. The van der Waals surface area contributed by atoms with Gasteiger partial charge in [0.05, 0.1) is 4.90 Å². The quantitative estimate of drug-likeness (QED) is 0.817. The normalized spacial score (nSPS) is 18.0. The topological polar surface area (TPSA) is 60.4 Å². The fourth-order valence-corrected chi connectivity index (χ4v) is 3.65. The molecule has 1 aliphatic carbocycles. The molecule has 4 nitrogen and oxygen atoms in total. The fourth-order valence-electron chi connectivity index (χ4n) is 2.58. The molecule has 1 unspecified atom stereocenters. The van der Waals surface area contributed by atoms with Crippen LogP contribution in [0.2, 0.25) is 0 Å². The van der Waals surface area contributed by atoms with Gasteiger partial charge in [-0.1, -0.05) is 42.0 Å². The smallest absolute Gasteiger partial charge is 0.291 e. The summed E-state index contributed by atoms with van der Waals surface area (Å²) < 4.78 is 29.8. The Morgan fingerprint density at radius 1 is 1.05 bits per heavy atom. The molecule has 0 N–H and O–H groups in total. The molecule has 0 spiro atoms. The highest BCUT2D eigenvalue weighted by molar-refractivity contribution is 7.86. The van der Waals surface area contributed by atoms with Crippen molar-refractivity contribution in [1.29, 1.82) is 0 Å². The van der Waals surface area contributed by atoms with Crippen LogP contribution in [0.15, 0.2) is 53.4 Å². The molecule has 0 aliphatic heterocycles. The zero-order valence-electron chi connectivity index (χ0n) is 12.2. The lowest BCUT2D eigenvalue weighted by Gasteiger charge is -2.22. The average molecular weight is 316 g/mol. The number of benzene rings is 2. The zero-order chi connectivity index (χ0) is 15.7. The van der Waals surface area contributed by atoms with Gasteiger partial charge in [0, 0.05) is 5.56 Å². The predicted molar refractivity (Wildman–Crippen MR) is 82.3 cm³/mol. The van der Waals surface area contributed by atoms with Gasteiger partial charge in [-0.05, 0) is 37.5 Å². The first-order valence-electron chi connectivity index (χ1n) is 7.09. The monoisotopic (exact) mass is 316 g/mol. The minimum absolute atomic E-state index is 0.0739. The largest absolute Gasteiger partial charge is 0.297 e. The van der Waals surface area contributed by atoms with E-state index in [1.54, 1.807) is 24.3 Å². The first-order chi connectivity index (χ1) is 10.5. The second-order valence-electron chi connectivity index (χ2n) is 5.41. The first kappa shape index (κ1) is 14.9. The fraction of sp³-hybridized carbons (Fsp3) is 0.235. The highest BCUT2D eigenvalue weighted by Crippen LogP contribution is 2.26. The second kappa shape index (κ2) is 5.66. The Kier molecular flexibility index (Phi) is 3.85. The van der Waals surface area contributed by atoms with Crippen molar-refractivity contribution in [3.05, 3.63) is 65.2 Å². The summed E-state index contributed by atoms with van der Waals surface area (Å²) >= 11 is 0. The van der Waals surface area contributed by atoms with Gasteiger partial charge < -0.3 is 0 Å². The molecule has 0 radical (unpaired) electrons. The second-order valence-corrected chi connectivity index (χ2v) is 6.98. The van der Waals surface area contributed by atoms with Crippen LogP contribution in [0.5, 0.6) is 0 Å². The van der Waals surface area contributed by atoms with Gasteiger partial charge in [0.25, 0.3) is 10.1 Å². The number of rotatable bonds is 3. The van der Waals surface area contributed by atoms with Crippen LogP contribution in [0.25, 0.3) is 0 Å². The van der Waals surface area contributed by atoms with Crippen molar-refractivity contribution in [2.75, 3.05) is 0 Å². The molecule has 3 rings (SSSR count). The van der Waals surface area contributed by atoms with Crippen molar-refractivity contribution < 1.29 is 17.4 Å². The van der Waals surface area contributed by atoms with E-state index in [-0.39, 0.29) is 10.7 Å². The molecule has 0 saturated carbocycles. The van der Waals surface area contributed by atoms with Crippen molar-refractivity contribution in [2.45, 2.75) is 30.8 Å². The molecular weight excluding hydrogens is 300 g/mol. The molecule has 1 atom stereocenters. The maximum absolute atomic E-state index is 12.4. The summed E-state index contributed by atoms with van der Waals surface area (Å²) in [5, 5.41) is 0. The molecule has 0 aromatic heterocycles. The molecule has 0 bridgehead atoms. The van der Waals surface area contributed by atoms with Gasteiger partial charge in [0.1, 0.15) is 6.10 Å². The van der Waals surface area contributed by atoms with Crippen molar-refractivity contribution in [3.63, 3.8) is 0 Å². The number of hydrogen-bond donors (Lipinski definition) is 0. The molecule has 1 aliphatic rings. The van der Waals surface area contributed by atoms with E-state index < -0.39 is 16.2 Å². The van der Waals surface area contributed by atoms with Gasteiger partial charge in [0.15, 0.2) is 5.78 Å². The van der Waals surface area contributed by atoms with Crippen LogP contribution >= 0.6 is 0 Å². The zero-order valence-corrected chi connectivity index (χ0v) is 13.0. The van der Waals surface area contributed by atoms with Crippen LogP contribution in [0, 0.1) is 6.92 Å². The van der Waals surface area contributed by atoms with Crippen molar-refractivity contribution in [1.82, 2.24) is 0 Å². The number of fused-ring (bicyclic) bond motifs is 1. The van der Waals surface area contributed by atoms with Crippen LogP contribution in [0.4, 0.5) is 0 Å². The summed E-state index contributed by atoms with van der Waals surface area (Å²) in [6, 6.07) is 13.6. The third kappa shape index (κ3) is 2.82. The van der Waals surface area contributed by atoms with Gasteiger partial charge in [-0.25, -0.2) is 0 Å². The highest BCUT2D eigenvalue weighted by Gasteiger charge is 2.32. The molecule has 0 amide bonds. The van der Waals surface area contributed by atoms with Gasteiger partial charge in [0.2, 0.25) is 0 Å². The molecule has 2 aromatic carbocycles. The van der Waals surface area contributed by atoms with Crippen molar-refractivity contribution in [3.8, 4) is 0 Å². The summed E-state index contributed by atoms with van der Waals surface area (Å²) in [6.45, 7) is 1.87. The SMILES string of the molecule is Cc1ccc(S(=O)(=O)OC2CCc3ccccc3C2=O)cc1. The number of ketones is 1. The van der Waals surface area contributed by atoms with Crippen molar-refractivity contribution in [2.24, 2.45) is 0 Å². The summed E-state index contributed by atoms with van der Waals surface area (Å²) in [4.78, 5) is 12.5. The summed E-state index contributed by atoms with van der Waals surface area (Å²) in [7, 11) is -3.93. The van der Waals surface area contributed by atoms with E-state index in [0.29, 0.717) is 18.4 Å². The lowest BCUT2D eigenvalue weighted by Crippen LogP contribution is -2.32. The Morgan fingerprint density at radius 3 is 2.45 bits per heavy atom. The third-order valence-electron chi connectivity index (χ3n) is 3.80. The van der Waals surface area contributed by atoms with E-state index >= 15 is 0 Å². The molecule has 22 heavy (non-hydrogen) atoms. The number of carbonyl (C=O) groups is 1. The van der Waals surface area contributed by atoms with E-state index in [1.165, 1.54) is 12.1 Å². The maximum atomic E-state index is 12.4. The number of carbonyl (C=O) groups excluding carboxylic acids is 1. The maximum Gasteiger partial charge on any atom is 0.297 e. The van der Waals surface area contributed by atoms with Gasteiger partial charge in [-0.2, -0.15) is 8.42 Å². The number of hydrogen-bond acceptors (Lipinski definition) is 4. The minimum atomic E-state index is -3.93. The molecule has 0 saturated heterocycles. The lowest BCUT2D eigenvalue weighted by atomic mass is 9.89. The predicted octanol–water partition coefficient (Wildman–Crippen LogP) is 2.90. The van der Waals surface area contributed by atoms with Gasteiger partial charge >= 0.3 is 0 Å². The molecule has 0 fully saturated rings. The Morgan fingerprint density at radius 2 is 1.73 bits per heavy atom. The lowest BCUT2D eigenvalue weighted by molar-refractivity contribution is 0.0772. The van der Waals surface area contributed by atoms with Crippen molar-refractivity contribution >= 4 is 15.9 Å². The van der Waals surface area contributed by atoms with Crippen LogP contribution in [-0.4, -0.2) is 20.3 Å². The van der Waals surface area contributed by atoms with Crippen LogP contribution in [0.1, 0.15) is 27.9 Å². The van der Waals surface area contributed by atoms with E-state index in [4.69, 9.17) is 4.18 Å². The van der Waals surface area contributed by atoms with E-state index in [9.17, 15) is 13.2 Å². The number of Topliss-reactive ketones (excluding diaryl/α,β-unsaturated/α-hetero) is 1. The molecule has 2 aromatic rings. The summed E-state index contributed by atoms with van der Waals surface area (Å²) in [5.41, 5.74) is 2.46. The Labute approximate surface area is 129 Å². The van der Waals surface area contributed by atoms with Gasteiger partial charge in [-0.15, -0.1) is 0 Å². The Hall–Kier alpha value is -1.98. The molecular formula is C17H16O4S. The average Bonchev–Trinajstić information content (AvgIpc) is 2.51. The minimum Gasteiger partial charge on any atom is -0.291 e. The number of aryl methyl sites for hydroxylation is 2.